The van der Waals surface area contributed by atoms with Crippen molar-refractivity contribution in [2.45, 2.75) is 31.8 Å². The molecule has 2 aromatic rings. The van der Waals surface area contributed by atoms with Gasteiger partial charge in [0.25, 0.3) is 5.91 Å². The lowest BCUT2D eigenvalue weighted by molar-refractivity contribution is 0.0600. The minimum atomic E-state index is 0.106. The van der Waals surface area contributed by atoms with Gasteiger partial charge in [-0.15, -0.1) is 11.3 Å². The zero-order chi connectivity index (χ0) is 16.5. The Bertz CT molecular complexity index is 736. The summed E-state index contributed by atoms with van der Waals surface area (Å²) in [5, 5.41) is 2.83. The average Bonchev–Trinajstić information content (AvgIpc) is 3.09. The van der Waals surface area contributed by atoms with E-state index in [4.69, 9.17) is 11.6 Å². The third-order valence-electron chi connectivity index (χ3n) is 5.18. The standard InChI is InChI=1S/C19H21ClN2OS/c20-16-3-1-2-14(12-16)19(23)21-8-4-17(5-9-21)22-10-6-18-15(13-22)7-11-24-18/h1-3,7,11-12,17H,4-6,8-10,13H2. The number of amides is 1. The fourth-order valence-corrected chi connectivity index (χ4v) is 4.90. The number of nitrogens with zero attached hydrogens (tertiary/aromatic N) is 2. The van der Waals surface area contributed by atoms with Crippen LogP contribution < -0.4 is 0 Å². The second-order valence-corrected chi connectivity index (χ2v) is 8.06. The first kappa shape index (κ1) is 16.1. The van der Waals surface area contributed by atoms with Crippen molar-refractivity contribution in [1.82, 2.24) is 9.80 Å². The summed E-state index contributed by atoms with van der Waals surface area (Å²) in [6, 6.07) is 10.1. The van der Waals surface area contributed by atoms with Crippen molar-refractivity contribution in [2.75, 3.05) is 19.6 Å². The van der Waals surface area contributed by atoms with Crippen LogP contribution in [0.4, 0.5) is 0 Å². The van der Waals surface area contributed by atoms with Crippen molar-refractivity contribution in [2.24, 2.45) is 0 Å². The second-order valence-electron chi connectivity index (χ2n) is 6.62. The summed E-state index contributed by atoms with van der Waals surface area (Å²) in [5.74, 6) is 0.106. The second kappa shape index (κ2) is 6.87. The van der Waals surface area contributed by atoms with Gasteiger partial charge in [0.15, 0.2) is 0 Å². The van der Waals surface area contributed by atoms with Gasteiger partial charge in [-0.25, -0.2) is 0 Å². The number of carbonyl (C=O) groups is 1. The van der Waals surface area contributed by atoms with Gasteiger partial charge in [0, 0.05) is 47.7 Å². The van der Waals surface area contributed by atoms with Crippen LogP contribution in [-0.4, -0.2) is 41.4 Å². The number of benzene rings is 1. The molecule has 0 N–H and O–H groups in total. The quantitative estimate of drug-likeness (QED) is 0.806. The van der Waals surface area contributed by atoms with Crippen LogP contribution in [-0.2, 0) is 13.0 Å². The molecule has 1 saturated heterocycles. The molecular weight excluding hydrogens is 340 g/mol. The molecule has 0 bridgehead atoms. The maximum atomic E-state index is 12.6. The predicted octanol–water partition coefficient (Wildman–Crippen LogP) is 4.06. The Balaban J connectivity index is 1.36. The van der Waals surface area contributed by atoms with Gasteiger partial charge in [-0.05, 0) is 54.5 Å². The first-order valence-electron chi connectivity index (χ1n) is 8.55. The van der Waals surface area contributed by atoms with Crippen LogP contribution in [0.25, 0.3) is 0 Å². The van der Waals surface area contributed by atoms with Crippen LogP contribution in [0, 0.1) is 0 Å². The predicted molar refractivity (Wildman–Crippen MR) is 98.8 cm³/mol. The molecule has 2 aliphatic heterocycles. The molecule has 3 nitrogen and oxygen atoms in total. The number of rotatable bonds is 2. The monoisotopic (exact) mass is 360 g/mol. The summed E-state index contributed by atoms with van der Waals surface area (Å²) < 4.78 is 0. The van der Waals surface area contributed by atoms with Crippen LogP contribution in [0.3, 0.4) is 0 Å². The van der Waals surface area contributed by atoms with Crippen molar-refractivity contribution in [3.63, 3.8) is 0 Å². The average molecular weight is 361 g/mol. The number of halogens is 1. The summed E-state index contributed by atoms with van der Waals surface area (Å²) in [6.07, 6.45) is 3.30. The summed E-state index contributed by atoms with van der Waals surface area (Å²) in [5.41, 5.74) is 2.20. The van der Waals surface area contributed by atoms with E-state index in [1.807, 2.05) is 28.4 Å². The van der Waals surface area contributed by atoms with Gasteiger partial charge < -0.3 is 4.90 Å². The highest BCUT2D eigenvalue weighted by atomic mass is 35.5. The number of hydrogen-bond acceptors (Lipinski definition) is 3. The molecule has 1 amide bonds. The number of carbonyl (C=O) groups excluding carboxylic acids is 1. The summed E-state index contributed by atoms with van der Waals surface area (Å²) >= 11 is 7.89. The van der Waals surface area contributed by atoms with E-state index in [0.29, 0.717) is 16.6 Å². The van der Waals surface area contributed by atoms with E-state index >= 15 is 0 Å². The van der Waals surface area contributed by atoms with Gasteiger partial charge in [0.2, 0.25) is 0 Å². The molecule has 126 valence electrons. The SMILES string of the molecule is O=C(c1cccc(Cl)c1)N1CCC(N2CCc3sccc3C2)CC1. The van der Waals surface area contributed by atoms with Crippen molar-refractivity contribution < 1.29 is 4.79 Å². The molecule has 4 rings (SSSR count). The largest absolute Gasteiger partial charge is 0.339 e. The van der Waals surface area contributed by atoms with E-state index in [0.717, 1.165) is 39.0 Å². The van der Waals surface area contributed by atoms with Gasteiger partial charge in [0.05, 0.1) is 0 Å². The van der Waals surface area contributed by atoms with Crippen molar-refractivity contribution >= 4 is 28.8 Å². The number of hydrogen-bond donors (Lipinski definition) is 0. The van der Waals surface area contributed by atoms with Crippen molar-refractivity contribution in [3.05, 3.63) is 56.7 Å². The molecule has 0 saturated carbocycles. The zero-order valence-corrected chi connectivity index (χ0v) is 15.2. The smallest absolute Gasteiger partial charge is 0.253 e. The zero-order valence-electron chi connectivity index (χ0n) is 13.6. The van der Waals surface area contributed by atoms with E-state index in [2.05, 4.69) is 16.3 Å². The van der Waals surface area contributed by atoms with E-state index in [9.17, 15) is 4.79 Å². The molecular formula is C19H21ClN2OS. The summed E-state index contributed by atoms with van der Waals surface area (Å²) in [4.78, 5) is 18.8. The molecule has 1 fully saturated rings. The number of thiophene rings is 1. The maximum Gasteiger partial charge on any atom is 0.253 e. The summed E-state index contributed by atoms with van der Waals surface area (Å²) in [6.45, 7) is 3.90. The molecule has 1 aromatic carbocycles. The Morgan fingerprint density at radius 2 is 2.00 bits per heavy atom. The van der Waals surface area contributed by atoms with Crippen LogP contribution in [0.1, 0.15) is 33.6 Å². The summed E-state index contributed by atoms with van der Waals surface area (Å²) in [7, 11) is 0. The molecule has 0 atom stereocenters. The molecule has 0 aliphatic carbocycles. The van der Waals surface area contributed by atoms with Crippen LogP contribution in [0.2, 0.25) is 5.02 Å². The lowest BCUT2D eigenvalue weighted by Gasteiger charge is -2.40. The Labute approximate surface area is 151 Å². The van der Waals surface area contributed by atoms with Crippen molar-refractivity contribution in [3.8, 4) is 0 Å². The van der Waals surface area contributed by atoms with Gasteiger partial charge >= 0.3 is 0 Å². The van der Waals surface area contributed by atoms with Gasteiger partial charge in [0.1, 0.15) is 0 Å². The molecule has 1 aromatic heterocycles. The van der Waals surface area contributed by atoms with E-state index in [1.165, 1.54) is 12.0 Å². The number of likely N-dealkylation sites (tertiary alicyclic amines) is 1. The van der Waals surface area contributed by atoms with Crippen molar-refractivity contribution in [1.29, 1.82) is 0 Å². The molecule has 0 spiro atoms. The molecule has 3 heterocycles. The highest BCUT2D eigenvalue weighted by molar-refractivity contribution is 7.10. The van der Waals surface area contributed by atoms with Gasteiger partial charge in [-0.3, -0.25) is 9.69 Å². The molecule has 0 radical (unpaired) electrons. The minimum absolute atomic E-state index is 0.106. The maximum absolute atomic E-state index is 12.6. The van der Waals surface area contributed by atoms with Gasteiger partial charge in [-0.2, -0.15) is 0 Å². The number of piperidine rings is 1. The van der Waals surface area contributed by atoms with E-state index < -0.39 is 0 Å². The first-order valence-corrected chi connectivity index (χ1v) is 9.80. The Hall–Kier alpha value is -1.36. The van der Waals surface area contributed by atoms with E-state index in [1.54, 1.807) is 17.0 Å². The molecule has 24 heavy (non-hydrogen) atoms. The third kappa shape index (κ3) is 3.23. The topological polar surface area (TPSA) is 23.6 Å². The Morgan fingerprint density at radius 3 is 2.79 bits per heavy atom. The highest BCUT2D eigenvalue weighted by Crippen LogP contribution is 2.28. The Morgan fingerprint density at radius 1 is 1.17 bits per heavy atom. The normalized spacial score (nSPS) is 19.3. The molecule has 5 heteroatoms. The highest BCUT2D eigenvalue weighted by Gasteiger charge is 2.29. The fourth-order valence-electron chi connectivity index (χ4n) is 3.82. The van der Waals surface area contributed by atoms with Crippen LogP contribution in [0.15, 0.2) is 35.7 Å². The lowest BCUT2D eigenvalue weighted by atomic mass is 9.99. The molecule has 2 aliphatic rings. The van der Waals surface area contributed by atoms with Crippen LogP contribution in [0.5, 0.6) is 0 Å². The minimum Gasteiger partial charge on any atom is -0.339 e. The fraction of sp³-hybridized carbons (Fsp3) is 0.421. The van der Waals surface area contributed by atoms with Gasteiger partial charge in [-0.1, -0.05) is 17.7 Å². The van der Waals surface area contributed by atoms with E-state index in [-0.39, 0.29) is 5.91 Å². The third-order valence-corrected chi connectivity index (χ3v) is 6.43. The lowest BCUT2D eigenvalue weighted by Crippen LogP contribution is -2.47. The molecule has 0 unspecified atom stereocenters. The Kier molecular flexibility index (Phi) is 4.61. The first-order chi connectivity index (χ1) is 11.7. The number of fused-ring (bicyclic) bond motifs is 1. The van der Waals surface area contributed by atoms with Crippen LogP contribution >= 0.6 is 22.9 Å².